The minimum absolute atomic E-state index is 0.808. The quantitative estimate of drug-likeness (QED) is 0.843. The summed E-state index contributed by atoms with van der Waals surface area (Å²) in [5, 5.41) is 3.46. The molecule has 1 nitrogen and oxygen atoms in total. The lowest BCUT2D eigenvalue weighted by molar-refractivity contribution is 0.457. The van der Waals surface area contributed by atoms with E-state index < -0.39 is 0 Å². The number of hydrogen-bond acceptors (Lipinski definition) is 2. The molecule has 0 aromatic heterocycles. The van der Waals surface area contributed by atoms with Crippen LogP contribution in [-0.2, 0) is 0 Å². The van der Waals surface area contributed by atoms with Crippen LogP contribution in [0.1, 0.15) is 35.8 Å². The van der Waals surface area contributed by atoms with Crippen molar-refractivity contribution >= 4 is 11.8 Å². The van der Waals surface area contributed by atoms with Gasteiger partial charge in [-0.05, 0) is 43.0 Å². The van der Waals surface area contributed by atoms with Crippen molar-refractivity contribution in [3.63, 3.8) is 0 Å². The molecule has 0 radical (unpaired) electrons. The van der Waals surface area contributed by atoms with Gasteiger partial charge in [-0.15, -0.1) is 0 Å². The Kier molecular flexibility index (Phi) is 3.20. The van der Waals surface area contributed by atoms with E-state index in [4.69, 9.17) is 0 Å². The minimum atomic E-state index is 0.808. The van der Waals surface area contributed by atoms with Gasteiger partial charge in [-0.2, -0.15) is 11.8 Å². The maximum absolute atomic E-state index is 3.46. The Morgan fingerprint density at radius 3 is 2.12 bits per heavy atom. The molecule has 2 aliphatic heterocycles. The molecule has 0 saturated carbocycles. The zero-order chi connectivity index (χ0) is 10.8. The van der Waals surface area contributed by atoms with Crippen LogP contribution in [0.25, 0.3) is 0 Å². The average molecular weight is 233 g/mol. The molecule has 1 aromatic rings. The molecule has 2 heterocycles. The summed E-state index contributed by atoms with van der Waals surface area (Å²) in [6.45, 7) is 2.39. The number of benzene rings is 1. The molecule has 2 heteroatoms. The van der Waals surface area contributed by atoms with E-state index in [1.807, 2.05) is 0 Å². The molecule has 0 unspecified atom stereocenters. The second-order valence-electron chi connectivity index (χ2n) is 4.89. The number of piperidine rings is 1. The summed E-state index contributed by atoms with van der Waals surface area (Å²) < 4.78 is 0. The summed E-state index contributed by atoms with van der Waals surface area (Å²) >= 11 is 2.08. The number of nitrogens with one attached hydrogen (secondary N) is 1. The van der Waals surface area contributed by atoms with Crippen LogP contribution in [0.3, 0.4) is 0 Å². The predicted octanol–water partition coefficient (Wildman–Crippen LogP) is 2.98. The summed E-state index contributed by atoms with van der Waals surface area (Å²) in [5.41, 5.74) is 3.29. The van der Waals surface area contributed by atoms with Gasteiger partial charge in [0, 0.05) is 17.4 Å². The van der Waals surface area contributed by atoms with Crippen molar-refractivity contribution in [3.05, 3.63) is 35.4 Å². The van der Waals surface area contributed by atoms with Gasteiger partial charge in [-0.1, -0.05) is 24.3 Å². The Bertz CT molecular complexity index is 354. The van der Waals surface area contributed by atoms with E-state index in [1.165, 1.54) is 37.4 Å². The molecular weight excluding hydrogens is 214 g/mol. The van der Waals surface area contributed by atoms with Crippen LogP contribution in [0.15, 0.2) is 24.3 Å². The molecule has 1 N–H and O–H groups in total. The second-order valence-corrected chi connectivity index (χ2v) is 5.96. The largest absolute Gasteiger partial charge is 0.317 e. The first-order valence-electron chi connectivity index (χ1n) is 6.32. The lowest BCUT2D eigenvalue weighted by atomic mass is 9.84. The van der Waals surface area contributed by atoms with Crippen molar-refractivity contribution in [1.82, 2.24) is 5.32 Å². The van der Waals surface area contributed by atoms with Gasteiger partial charge in [0.05, 0.1) is 0 Å². The van der Waals surface area contributed by atoms with Gasteiger partial charge in [0.1, 0.15) is 0 Å². The fourth-order valence-electron chi connectivity index (χ4n) is 2.80. The third-order valence-corrected chi connectivity index (χ3v) is 5.13. The summed E-state index contributed by atoms with van der Waals surface area (Å²) in [7, 11) is 0. The van der Waals surface area contributed by atoms with Gasteiger partial charge >= 0.3 is 0 Å². The highest BCUT2D eigenvalue weighted by molar-refractivity contribution is 8.00. The van der Waals surface area contributed by atoms with Crippen molar-refractivity contribution < 1.29 is 0 Å². The Morgan fingerprint density at radius 1 is 0.938 bits per heavy atom. The SMILES string of the molecule is c1ccc(C2CSC2)c(C2CCNCC2)c1. The first-order chi connectivity index (χ1) is 7.95. The topological polar surface area (TPSA) is 12.0 Å². The minimum Gasteiger partial charge on any atom is -0.317 e. The highest BCUT2D eigenvalue weighted by Gasteiger charge is 2.25. The molecule has 0 spiro atoms. The van der Waals surface area contributed by atoms with E-state index in [0.717, 1.165) is 11.8 Å². The Labute approximate surface area is 102 Å². The van der Waals surface area contributed by atoms with Crippen molar-refractivity contribution in [2.75, 3.05) is 24.6 Å². The molecule has 16 heavy (non-hydrogen) atoms. The van der Waals surface area contributed by atoms with Crippen LogP contribution in [0, 0.1) is 0 Å². The molecular formula is C14H19NS. The highest BCUT2D eigenvalue weighted by Crippen LogP contribution is 2.39. The van der Waals surface area contributed by atoms with Gasteiger partial charge in [-0.25, -0.2) is 0 Å². The maximum Gasteiger partial charge on any atom is 0.00226 e. The molecule has 0 aliphatic carbocycles. The lowest BCUT2D eigenvalue weighted by Gasteiger charge is -2.31. The van der Waals surface area contributed by atoms with Gasteiger partial charge in [-0.3, -0.25) is 0 Å². The normalized spacial score (nSPS) is 23.0. The van der Waals surface area contributed by atoms with E-state index >= 15 is 0 Å². The van der Waals surface area contributed by atoms with Crippen LogP contribution in [0.4, 0.5) is 0 Å². The van der Waals surface area contributed by atoms with Crippen LogP contribution < -0.4 is 5.32 Å². The van der Waals surface area contributed by atoms with E-state index in [1.54, 1.807) is 11.1 Å². The smallest absolute Gasteiger partial charge is 0.00226 e. The molecule has 1 aromatic carbocycles. The van der Waals surface area contributed by atoms with Gasteiger partial charge in [0.2, 0.25) is 0 Å². The van der Waals surface area contributed by atoms with Crippen molar-refractivity contribution in [2.24, 2.45) is 0 Å². The summed E-state index contributed by atoms with van der Waals surface area (Å²) in [4.78, 5) is 0. The monoisotopic (exact) mass is 233 g/mol. The summed E-state index contributed by atoms with van der Waals surface area (Å²) in [5.74, 6) is 4.32. The van der Waals surface area contributed by atoms with Gasteiger partial charge < -0.3 is 5.32 Å². The van der Waals surface area contributed by atoms with Crippen LogP contribution >= 0.6 is 11.8 Å². The molecule has 86 valence electrons. The molecule has 0 bridgehead atoms. The number of thioether (sulfide) groups is 1. The third-order valence-electron chi connectivity index (χ3n) is 3.85. The first-order valence-corrected chi connectivity index (χ1v) is 7.48. The zero-order valence-corrected chi connectivity index (χ0v) is 10.4. The fourth-order valence-corrected chi connectivity index (χ4v) is 3.63. The van der Waals surface area contributed by atoms with Crippen LogP contribution in [0.2, 0.25) is 0 Å². The van der Waals surface area contributed by atoms with Crippen molar-refractivity contribution in [2.45, 2.75) is 24.7 Å². The van der Waals surface area contributed by atoms with E-state index in [9.17, 15) is 0 Å². The van der Waals surface area contributed by atoms with Gasteiger partial charge in [0.15, 0.2) is 0 Å². The van der Waals surface area contributed by atoms with Crippen LogP contribution in [-0.4, -0.2) is 24.6 Å². The lowest BCUT2D eigenvalue weighted by Crippen LogP contribution is -2.28. The highest BCUT2D eigenvalue weighted by atomic mass is 32.2. The average Bonchev–Trinajstić information content (AvgIpc) is 2.29. The van der Waals surface area contributed by atoms with E-state index in [0.29, 0.717) is 0 Å². The first kappa shape index (κ1) is 10.7. The summed E-state index contributed by atoms with van der Waals surface area (Å²) in [6, 6.07) is 9.16. The second kappa shape index (κ2) is 4.80. The molecule has 2 fully saturated rings. The Balaban J connectivity index is 1.86. The number of hydrogen-bond donors (Lipinski definition) is 1. The Morgan fingerprint density at radius 2 is 1.56 bits per heavy atom. The molecule has 0 amide bonds. The standard InChI is InChI=1S/C14H19NS/c1-2-4-14(12-9-16-10-12)13(3-1)11-5-7-15-8-6-11/h1-4,11-12,15H,5-10H2. The van der Waals surface area contributed by atoms with E-state index in [-0.39, 0.29) is 0 Å². The zero-order valence-electron chi connectivity index (χ0n) is 9.61. The predicted molar refractivity (Wildman–Crippen MR) is 71.4 cm³/mol. The van der Waals surface area contributed by atoms with E-state index in [2.05, 4.69) is 41.3 Å². The van der Waals surface area contributed by atoms with Crippen LogP contribution in [0.5, 0.6) is 0 Å². The fraction of sp³-hybridized carbons (Fsp3) is 0.571. The number of rotatable bonds is 2. The van der Waals surface area contributed by atoms with Gasteiger partial charge in [0.25, 0.3) is 0 Å². The van der Waals surface area contributed by atoms with Crippen molar-refractivity contribution in [3.8, 4) is 0 Å². The molecule has 2 saturated heterocycles. The third kappa shape index (κ3) is 2.01. The molecule has 0 atom stereocenters. The Hall–Kier alpha value is -0.470. The molecule has 2 aliphatic rings. The maximum atomic E-state index is 3.46. The summed E-state index contributed by atoms with van der Waals surface area (Å²) in [6.07, 6.45) is 2.63. The molecule has 3 rings (SSSR count). The van der Waals surface area contributed by atoms with Crippen molar-refractivity contribution in [1.29, 1.82) is 0 Å².